The Morgan fingerprint density at radius 3 is 3.00 bits per heavy atom. The molecule has 1 aromatic carbocycles. The quantitative estimate of drug-likeness (QED) is 0.921. The Morgan fingerprint density at radius 2 is 2.26 bits per heavy atom. The molecule has 0 bridgehead atoms. The average Bonchev–Trinajstić information content (AvgIpc) is 2.93. The minimum Gasteiger partial charge on any atom is -0.379 e. The van der Waals surface area contributed by atoms with Crippen molar-refractivity contribution in [1.82, 2.24) is 9.55 Å². The second kappa shape index (κ2) is 4.76. The summed E-state index contributed by atoms with van der Waals surface area (Å²) < 4.78 is 21.6. The lowest BCUT2D eigenvalue weighted by atomic mass is 10.2. The van der Waals surface area contributed by atoms with Gasteiger partial charge in [0, 0.05) is 13.2 Å². The number of aromatic nitrogens is 2. The first-order valence-corrected chi connectivity index (χ1v) is 7.06. The molecule has 2 atom stereocenters. The lowest BCUT2D eigenvalue weighted by molar-refractivity contribution is 0.0768. The number of nitrogen functional groups attached to an aromatic ring is 1. The van der Waals surface area contributed by atoms with Crippen LogP contribution >= 0.6 is 15.9 Å². The van der Waals surface area contributed by atoms with Gasteiger partial charge in [-0.05, 0) is 41.3 Å². The van der Waals surface area contributed by atoms with Crippen LogP contribution in [0.15, 0.2) is 16.6 Å². The molecule has 1 fully saturated rings. The molecule has 2 N–H and O–H groups in total. The molecule has 0 saturated heterocycles. The lowest BCUT2D eigenvalue weighted by Gasteiger charge is -2.21. The molecule has 2 unspecified atom stereocenters. The zero-order valence-electron chi connectivity index (χ0n) is 10.6. The van der Waals surface area contributed by atoms with Gasteiger partial charge in [0.2, 0.25) is 5.95 Å². The van der Waals surface area contributed by atoms with E-state index in [4.69, 9.17) is 10.5 Å². The van der Waals surface area contributed by atoms with Crippen molar-refractivity contribution in [2.24, 2.45) is 0 Å². The minimum absolute atomic E-state index is 0.117. The summed E-state index contributed by atoms with van der Waals surface area (Å²) in [7, 11) is 1.70. The standard InChI is InChI=1S/C13H15BrFN3O/c1-19-12-4-2-3-10(12)18-11-6-8(15)7(14)5-9(11)17-13(18)16/h5-6,10,12H,2-4H2,1H3,(H2,16,17). The van der Waals surface area contributed by atoms with Crippen molar-refractivity contribution >= 4 is 32.9 Å². The number of benzene rings is 1. The van der Waals surface area contributed by atoms with E-state index in [0.29, 0.717) is 15.9 Å². The van der Waals surface area contributed by atoms with Crippen LogP contribution in [0.1, 0.15) is 25.3 Å². The van der Waals surface area contributed by atoms with Crippen LogP contribution in [-0.2, 0) is 4.74 Å². The maximum absolute atomic E-state index is 13.7. The maximum atomic E-state index is 13.7. The summed E-state index contributed by atoms with van der Waals surface area (Å²) in [5.74, 6) is 0.113. The molecule has 102 valence electrons. The van der Waals surface area contributed by atoms with Crippen LogP contribution in [-0.4, -0.2) is 22.8 Å². The van der Waals surface area contributed by atoms with Crippen LogP contribution in [0, 0.1) is 5.82 Å². The van der Waals surface area contributed by atoms with E-state index >= 15 is 0 Å². The number of fused-ring (bicyclic) bond motifs is 1. The highest BCUT2D eigenvalue weighted by Gasteiger charge is 2.31. The number of anilines is 1. The Morgan fingerprint density at radius 1 is 1.47 bits per heavy atom. The Bertz CT molecular complexity index is 628. The van der Waals surface area contributed by atoms with Gasteiger partial charge >= 0.3 is 0 Å². The first kappa shape index (κ1) is 12.9. The van der Waals surface area contributed by atoms with Gasteiger partial charge in [-0.2, -0.15) is 0 Å². The van der Waals surface area contributed by atoms with Gasteiger partial charge in [0.25, 0.3) is 0 Å². The summed E-state index contributed by atoms with van der Waals surface area (Å²) in [5, 5.41) is 0. The van der Waals surface area contributed by atoms with Gasteiger partial charge in [-0.3, -0.25) is 0 Å². The number of methoxy groups -OCH3 is 1. The van der Waals surface area contributed by atoms with E-state index < -0.39 is 0 Å². The summed E-state index contributed by atoms with van der Waals surface area (Å²) in [6.07, 6.45) is 3.18. The molecule has 2 aromatic rings. The zero-order valence-corrected chi connectivity index (χ0v) is 12.2. The van der Waals surface area contributed by atoms with Gasteiger partial charge in [0.05, 0.1) is 27.7 Å². The van der Waals surface area contributed by atoms with Crippen LogP contribution in [0.4, 0.5) is 10.3 Å². The van der Waals surface area contributed by atoms with Crippen molar-refractivity contribution in [1.29, 1.82) is 0 Å². The molecule has 19 heavy (non-hydrogen) atoms. The molecule has 0 spiro atoms. The molecule has 1 saturated carbocycles. The average molecular weight is 328 g/mol. The second-order valence-electron chi connectivity index (χ2n) is 4.87. The van der Waals surface area contributed by atoms with Crippen LogP contribution in [0.25, 0.3) is 11.0 Å². The summed E-state index contributed by atoms with van der Waals surface area (Å²) in [4.78, 5) is 4.32. The third-order valence-electron chi connectivity index (χ3n) is 3.81. The molecule has 1 aliphatic carbocycles. The van der Waals surface area contributed by atoms with E-state index in [1.807, 2.05) is 4.57 Å². The van der Waals surface area contributed by atoms with E-state index in [9.17, 15) is 4.39 Å². The van der Waals surface area contributed by atoms with Gasteiger partial charge in [0.1, 0.15) is 5.82 Å². The number of nitrogens with two attached hydrogens (primary N) is 1. The van der Waals surface area contributed by atoms with Crippen LogP contribution in [0.5, 0.6) is 0 Å². The van der Waals surface area contributed by atoms with Crippen molar-refractivity contribution in [3.8, 4) is 0 Å². The number of nitrogens with zero attached hydrogens (tertiary/aromatic N) is 2. The van der Waals surface area contributed by atoms with Gasteiger partial charge < -0.3 is 15.0 Å². The highest BCUT2D eigenvalue weighted by molar-refractivity contribution is 9.10. The predicted octanol–water partition coefficient (Wildman–Crippen LogP) is 3.26. The fraction of sp³-hybridized carbons (Fsp3) is 0.462. The van der Waals surface area contributed by atoms with Gasteiger partial charge in [0.15, 0.2) is 0 Å². The highest BCUT2D eigenvalue weighted by atomic mass is 79.9. The summed E-state index contributed by atoms with van der Waals surface area (Å²) in [6.45, 7) is 0. The molecule has 1 heterocycles. The summed E-state index contributed by atoms with van der Waals surface area (Å²) >= 11 is 3.17. The summed E-state index contributed by atoms with van der Waals surface area (Å²) in [6, 6.07) is 3.28. The molecule has 6 heteroatoms. The van der Waals surface area contributed by atoms with E-state index in [1.165, 1.54) is 6.07 Å². The van der Waals surface area contributed by atoms with Crippen LogP contribution in [0.2, 0.25) is 0 Å². The number of ether oxygens (including phenoxy) is 1. The van der Waals surface area contributed by atoms with E-state index in [0.717, 1.165) is 24.8 Å². The number of rotatable bonds is 2. The lowest BCUT2D eigenvalue weighted by Crippen LogP contribution is -2.21. The normalized spacial score (nSPS) is 23.3. The van der Waals surface area contributed by atoms with E-state index in [-0.39, 0.29) is 18.0 Å². The van der Waals surface area contributed by atoms with E-state index in [1.54, 1.807) is 13.2 Å². The molecule has 1 aromatic heterocycles. The fourth-order valence-electron chi connectivity index (χ4n) is 2.93. The molecule has 0 aliphatic heterocycles. The van der Waals surface area contributed by atoms with Crippen LogP contribution < -0.4 is 5.73 Å². The SMILES string of the molecule is COC1CCCC1n1c(N)nc2cc(Br)c(F)cc21. The Balaban J connectivity index is 2.17. The van der Waals surface area contributed by atoms with Gasteiger partial charge in [-0.15, -0.1) is 0 Å². The van der Waals surface area contributed by atoms with Crippen molar-refractivity contribution in [2.45, 2.75) is 31.4 Å². The fourth-order valence-corrected chi connectivity index (χ4v) is 3.27. The van der Waals surface area contributed by atoms with Crippen molar-refractivity contribution in [2.75, 3.05) is 12.8 Å². The van der Waals surface area contributed by atoms with Gasteiger partial charge in [-0.1, -0.05) is 0 Å². The molecular formula is C13H15BrFN3O. The molecule has 1 aliphatic rings. The monoisotopic (exact) mass is 327 g/mol. The Labute approximate surface area is 118 Å². The summed E-state index contributed by atoms with van der Waals surface area (Å²) in [5.41, 5.74) is 7.44. The predicted molar refractivity (Wildman–Crippen MR) is 75.5 cm³/mol. The van der Waals surface area contributed by atoms with Crippen molar-refractivity contribution < 1.29 is 9.13 Å². The molecule has 3 rings (SSSR count). The Hall–Kier alpha value is -1.14. The van der Waals surface area contributed by atoms with E-state index in [2.05, 4.69) is 20.9 Å². The highest BCUT2D eigenvalue weighted by Crippen LogP contribution is 2.37. The molecule has 0 amide bonds. The molecular weight excluding hydrogens is 313 g/mol. The van der Waals surface area contributed by atoms with Crippen molar-refractivity contribution in [3.63, 3.8) is 0 Å². The largest absolute Gasteiger partial charge is 0.379 e. The zero-order chi connectivity index (χ0) is 13.6. The number of hydrogen-bond acceptors (Lipinski definition) is 3. The first-order chi connectivity index (χ1) is 9.11. The molecule has 4 nitrogen and oxygen atoms in total. The van der Waals surface area contributed by atoms with Crippen LogP contribution in [0.3, 0.4) is 0 Å². The second-order valence-corrected chi connectivity index (χ2v) is 5.72. The first-order valence-electron chi connectivity index (χ1n) is 6.27. The third kappa shape index (κ3) is 2.03. The molecule has 0 radical (unpaired) electrons. The maximum Gasteiger partial charge on any atom is 0.201 e. The smallest absolute Gasteiger partial charge is 0.201 e. The number of hydrogen-bond donors (Lipinski definition) is 1. The number of halogens is 2. The third-order valence-corrected chi connectivity index (χ3v) is 4.42. The van der Waals surface area contributed by atoms with Crippen molar-refractivity contribution in [3.05, 3.63) is 22.4 Å². The minimum atomic E-state index is -0.305. The number of imidazole rings is 1. The Kier molecular flexibility index (Phi) is 3.22. The van der Waals surface area contributed by atoms with Gasteiger partial charge in [-0.25, -0.2) is 9.37 Å². The topological polar surface area (TPSA) is 53.1 Å².